The van der Waals surface area contributed by atoms with E-state index in [1.54, 1.807) is 29.3 Å². The third kappa shape index (κ3) is 3.44. The number of hydrogen-bond donors (Lipinski definition) is 0. The predicted octanol–water partition coefficient (Wildman–Crippen LogP) is 2.09. The molecule has 0 aliphatic carbocycles. The maximum atomic E-state index is 13.5. The van der Waals surface area contributed by atoms with Crippen molar-refractivity contribution in [3.05, 3.63) is 48.5 Å². The van der Waals surface area contributed by atoms with Gasteiger partial charge in [-0.15, -0.1) is 0 Å². The molecule has 5 nitrogen and oxygen atoms in total. The molecule has 0 saturated carbocycles. The van der Waals surface area contributed by atoms with E-state index in [2.05, 4.69) is 5.10 Å². The number of aryl methyl sites for hydroxylation is 1. The highest BCUT2D eigenvalue weighted by atomic mass is 19.1. The van der Waals surface area contributed by atoms with E-state index in [0.717, 1.165) is 13.0 Å². The second kappa shape index (κ2) is 6.60. The minimum Gasteiger partial charge on any atom is -0.484 e. The largest absolute Gasteiger partial charge is 0.484 e. The van der Waals surface area contributed by atoms with E-state index in [0.29, 0.717) is 19.5 Å². The predicted molar refractivity (Wildman–Crippen MR) is 78.9 cm³/mol. The molecular weight excluding hydrogens is 285 g/mol. The van der Waals surface area contributed by atoms with Gasteiger partial charge >= 0.3 is 0 Å². The average molecular weight is 303 g/mol. The molecule has 0 bridgehead atoms. The summed E-state index contributed by atoms with van der Waals surface area (Å²) in [6.07, 6.45) is 4.74. The first kappa shape index (κ1) is 14.6. The average Bonchev–Trinajstić information content (AvgIpc) is 2.97. The van der Waals surface area contributed by atoms with Crippen molar-refractivity contribution in [1.29, 1.82) is 0 Å². The number of para-hydroxylation sites is 1. The summed E-state index contributed by atoms with van der Waals surface area (Å²) in [5.41, 5.74) is 0. The second-order valence-corrected chi connectivity index (χ2v) is 5.34. The number of amides is 1. The highest BCUT2D eigenvalue weighted by molar-refractivity contribution is 5.77. The van der Waals surface area contributed by atoms with Crippen molar-refractivity contribution in [2.24, 2.45) is 0 Å². The number of aromatic nitrogens is 2. The van der Waals surface area contributed by atoms with E-state index in [1.165, 1.54) is 6.07 Å². The number of carbonyl (C=O) groups excluding carboxylic acids is 1. The molecule has 1 fully saturated rings. The van der Waals surface area contributed by atoms with E-state index >= 15 is 0 Å². The van der Waals surface area contributed by atoms with Crippen molar-refractivity contribution in [2.75, 3.05) is 13.1 Å². The van der Waals surface area contributed by atoms with Crippen LogP contribution in [0.1, 0.15) is 12.8 Å². The maximum absolute atomic E-state index is 13.5. The van der Waals surface area contributed by atoms with E-state index < -0.39 is 0 Å². The van der Waals surface area contributed by atoms with Crippen LogP contribution in [0.25, 0.3) is 0 Å². The molecule has 1 saturated heterocycles. The van der Waals surface area contributed by atoms with Crippen molar-refractivity contribution >= 4 is 5.91 Å². The lowest BCUT2D eigenvalue weighted by Crippen LogP contribution is -2.56. The van der Waals surface area contributed by atoms with Crippen molar-refractivity contribution < 1.29 is 13.9 Å². The van der Waals surface area contributed by atoms with Crippen molar-refractivity contribution in [1.82, 2.24) is 14.7 Å². The highest BCUT2D eigenvalue weighted by Crippen LogP contribution is 2.21. The number of benzene rings is 1. The van der Waals surface area contributed by atoms with Gasteiger partial charge in [0.1, 0.15) is 6.10 Å². The molecule has 1 aliphatic heterocycles. The van der Waals surface area contributed by atoms with E-state index in [9.17, 15) is 9.18 Å². The first-order valence-corrected chi connectivity index (χ1v) is 7.39. The number of hydrogen-bond acceptors (Lipinski definition) is 3. The SMILES string of the molecule is O=C(CCCn1cccn1)N1CC(Oc2ccccc2F)C1. The standard InChI is InChI=1S/C16H18FN3O2/c17-14-5-1-2-6-15(14)22-13-11-19(12-13)16(21)7-3-9-20-10-4-8-18-20/h1-2,4-6,8,10,13H,3,7,9,11-12H2. The van der Waals surface area contributed by atoms with Crippen LogP contribution in [0.2, 0.25) is 0 Å². The summed E-state index contributed by atoms with van der Waals surface area (Å²) < 4.78 is 20.8. The Bertz CT molecular complexity index is 624. The molecule has 0 spiro atoms. The molecule has 0 N–H and O–H groups in total. The monoisotopic (exact) mass is 303 g/mol. The molecule has 1 amide bonds. The van der Waals surface area contributed by atoms with Gasteiger partial charge in [-0.3, -0.25) is 9.48 Å². The summed E-state index contributed by atoms with van der Waals surface area (Å²) in [5.74, 6) is -0.00896. The Kier molecular flexibility index (Phi) is 4.37. The summed E-state index contributed by atoms with van der Waals surface area (Å²) in [6, 6.07) is 8.19. The lowest BCUT2D eigenvalue weighted by molar-refractivity contribution is -0.140. The molecule has 1 aliphatic rings. The Morgan fingerprint density at radius 1 is 1.32 bits per heavy atom. The molecule has 22 heavy (non-hydrogen) atoms. The summed E-state index contributed by atoms with van der Waals surface area (Å²) in [6.45, 7) is 1.78. The van der Waals surface area contributed by atoms with Crippen LogP contribution in [-0.2, 0) is 11.3 Å². The summed E-state index contributed by atoms with van der Waals surface area (Å²) >= 11 is 0. The Labute approximate surface area is 128 Å². The zero-order valence-electron chi connectivity index (χ0n) is 12.2. The Morgan fingerprint density at radius 2 is 2.14 bits per heavy atom. The van der Waals surface area contributed by atoms with Gasteiger partial charge < -0.3 is 9.64 Å². The normalized spacial score (nSPS) is 14.7. The summed E-state index contributed by atoms with van der Waals surface area (Å²) in [4.78, 5) is 13.7. The van der Waals surface area contributed by atoms with Gasteiger partial charge in [-0.2, -0.15) is 5.10 Å². The zero-order valence-corrected chi connectivity index (χ0v) is 12.2. The molecule has 1 aromatic carbocycles. The molecule has 0 atom stereocenters. The van der Waals surface area contributed by atoms with Crippen LogP contribution in [0.4, 0.5) is 4.39 Å². The fourth-order valence-electron chi connectivity index (χ4n) is 2.42. The van der Waals surface area contributed by atoms with E-state index in [1.807, 2.05) is 16.9 Å². The smallest absolute Gasteiger partial charge is 0.222 e. The van der Waals surface area contributed by atoms with Crippen molar-refractivity contribution in [3.63, 3.8) is 0 Å². The number of nitrogens with zero attached hydrogens (tertiary/aromatic N) is 3. The Morgan fingerprint density at radius 3 is 2.86 bits per heavy atom. The minimum atomic E-state index is -0.369. The quantitative estimate of drug-likeness (QED) is 0.821. The number of halogens is 1. The van der Waals surface area contributed by atoms with Gasteiger partial charge in [-0.1, -0.05) is 12.1 Å². The number of ether oxygens (including phenoxy) is 1. The van der Waals surface area contributed by atoms with Crippen molar-refractivity contribution in [2.45, 2.75) is 25.5 Å². The van der Waals surface area contributed by atoms with Crippen LogP contribution in [0.15, 0.2) is 42.7 Å². The van der Waals surface area contributed by atoms with Crippen LogP contribution in [0.5, 0.6) is 5.75 Å². The number of carbonyl (C=O) groups is 1. The molecule has 0 unspecified atom stereocenters. The van der Waals surface area contributed by atoms with Gasteiger partial charge in [-0.25, -0.2) is 4.39 Å². The van der Waals surface area contributed by atoms with Gasteiger partial charge in [0.15, 0.2) is 11.6 Å². The third-order valence-corrected chi connectivity index (χ3v) is 3.67. The van der Waals surface area contributed by atoms with E-state index in [-0.39, 0.29) is 23.6 Å². The molecule has 0 radical (unpaired) electrons. The molecular formula is C16H18FN3O2. The van der Waals surface area contributed by atoms with Gasteiger partial charge in [0.05, 0.1) is 13.1 Å². The first-order chi connectivity index (χ1) is 10.7. The van der Waals surface area contributed by atoms with Crippen LogP contribution in [-0.4, -0.2) is 39.8 Å². The van der Waals surface area contributed by atoms with Crippen LogP contribution < -0.4 is 4.74 Å². The van der Waals surface area contributed by atoms with Crippen LogP contribution in [0, 0.1) is 5.82 Å². The van der Waals surface area contributed by atoms with Crippen LogP contribution in [0.3, 0.4) is 0 Å². The van der Waals surface area contributed by atoms with Gasteiger partial charge in [0.25, 0.3) is 0 Å². The molecule has 6 heteroatoms. The topological polar surface area (TPSA) is 47.4 Å². The van der Waals surface area contributed by atoms with Gasteiger partial charge in [-0.05, 0) is 24.6 Å². The lowest BCUT2D eigenvalue weighted by atomic mass is 10.1. The number of likely N-dealkylation sites (tertiary alicyclic amines) is 1. The van der Waals surface area contributed by atoms with Gasteiger partial charge in [0, 0.05) is 25.4 Å². The minimum absolute atomic E-state index is 0.112. The molecule has 116 valence electrons. The number of rotatable bonds is 6. The zero-order chi connectivity index (χ0) is 15.4. The summed E-state index contributed by atoms with van der Waals surface area (Å²) in [7, 11) is 0. The first-order valence-electron chi connectivity index (χ1n) is 7.39. The lowest BCUT2D eigenvalue weighted by Gasteiger charge is -2.39. The molecule has 2 heterocycles. The van der Waals surface area contributed by atoms with Gasteiger partial charge in [0.2, 0.25) is 5.91 Å². The molecule has 2 aromatic rings. The Balaban J connectivity index is 1.37. The van der Waals surface area contributed by atoms with Crippen LogP contribution >= 0.6 is 0 Å². The highest BCUT2D eigenvalue weighted by Gasteiger charge is 2.32. The summed E-state index contributed by atoms with van der Waals surface area (Å²) in [5, 5.41) is 4.10. The van der Waals surface area contributed by atoms with E-state index in [4.69, 9.17) is 4.74 Å². The second-order valence-electron chi connectivity index (χ2n) is 5.34. The Hall–Kier alpha value is -2.37. The fraction of sp³-hybridized carbons (Fsp3) is 0.375. The third-order valence-electron chi connectivity index (χ3n) is 3.67. The molecule has 1 aromatic heterocycles. The maximum Gasteiger partial charge on any atom is 0.222 e. The van der Waals surface area contributed by atoms with Crippen molar-refractivity contribution in [3.8, 4) is 5.75 Å². The fourth-order valence-corrected chi connectivity index (χ4v) is 2.42. The molecule has 3 rings (SSSR count).